The van der Waals surface area contributed by atoms with E-state index in [9.17, 15) is 4.39 Å². The molecule has 1 aromatic heterocycles. The Labute approximate surface area is 113 Å². The van der Waals surface area contributed by atoms with E-state index in [4.69, 9.17) is 23.2 Å². The van der Waals surface area contributed by atoms with Crippen molar-refractivity contribution in [3.63, 3.8) is 0 Å². The first-order valence-electron chi connectivity index (χ1n) is 5.37. The molecule has 0 spiro atoms. The molecule has 3 aromatic rings. The number of nitrogens with one attached hydrogen (secondary N) is 1. The average molecular weight is 280 g/mol. The van der Waals surface area contributed by atoms with Crippen molar-refractivity contribution in [3.05, 3.63) is 58.5 Å². The molecule has 0 aliphatic rings. The van der Waals surface area contributed by atoms with Crippen LogP contribution in [0, 0.1) is 5.82 Å². The molecule has 0 aliphatic carbocycles. The number of fused-ring (bicyclic) bond motifs is 1. The Morgan fingerprint density at radius 1 is 0.944 bits per heavy atom. The third kappa shape index (κ3) is 1.88. The van der Waals surface area contributed by atoms with Crippen LogP contribution in [0.1, 0.15) is 0 Å². The Morgan fingerprint density at radius 2 is 1.78 bits per heavy atom. The fourth-order valence-corrected chi connectivity index (χ4v) is 2.46. The fraction of sp³-hybridized carbons (Fsp3) is 0. The van der Waals surface area contributed by atoms with Gasteiger partial charge in [0.2, 0.25) is 0 Å². The van der Waals surface area contributed by atoms with Gasteiger partial charge in [0.15, 0.2) is 0 Å². The van der Waals surface area contributed by atoms with Crippen LogP contribution in [0.4, 0.5) is 4.39 Å². The number of rotatable bonds is 1. The fourth-order valence-electron chi connectivity index (χ4n) is 2.02. The Hall–Kier alpha value is -1.51. The summed E-state index contributed by atoms with van der Waals surface area (Å²) in [5.41, 5.74) is 2.67. The van der Waals surface area contributed by atoms with E-state index in [1.54, 1.807) is 6.07 Å². The Kier molecular flexibility index (Phi) is 2.77. The molecule has 3 rings (SSSR count). The third-order valence-electron chi connectivity index (χ3n) is 2.87. The molecular formula is C14H8Cl2FN. The van der Waals surface area contributed by atoms with Gasteiger partial charge in [-0.3, -0.25) is 0 Å². The van der Waals surface area contributed by atoms with E-state index < -0.39 is 0 Å². The molecule has 0 unspecified atom stereocenters. The lowest BCUT2D eigenvalue weighted by Crippen LogP contribution is -1.80. The van der Waals surface area contributed by atoms with E-state index >= 15 is 0 Å². The van der Waals surface area contributed by atoms with Gasteiger partial charge < -0.3 is 4.98 Å². The summed E-state index contributed by atoms with van der Waals surface area (Å²) >= 11 is 12.1. The number of halogens is 3. The zero-order valence-corrected chi connectivity index (χ0v) is 10.7. The molecule has 2 aromatic carbocycles. The molecule has 0 saturated carbocycles. The van der Waals surface area contributed by atoms with Gasteiger partial charge in [-0.1, -0.05) is 23.2 Å². The molecule has 1 nitrogen and oxygen atoms in total. The van der Waals surface area contributed by atoms with Crippen molar-refractivity contribution >= 4 is 34.1 Å². The largest absolute Gasteiger partial charge is 0.361 e. The van der Waals surface area contributed by atoms with Crippen molar-refractivity contribution in [1.82, 2.24) is 4.98 Å². The topological polar surface area (TPSA) is 15.8 Å². The van der Waals surface area contributed by atoms with Crippen molar-refractivity contribution in [3.8, 4) is 11.1 Å². The van der Waals surface area contributed by atoms with E-state index in [0.717, 1.165) is 22.0 Å². The molecule has 1 N–H and O–H groups in total. The van der Waals surface area contributed by atoms with Crippen LogP contribution < -0.4 is 0 Å². The summed E-state index contributed by atoms with van der Waals surface area (Å²) in [6, 6.07) is 9.95. The number of aromatic amines is 1. The number of hydrogen-bond donors (Lipinski definition) is 1. The van der Waals surface area contributed by atoms with Crippen LogP contribution in [0.3, 0.4) is 0 Å². The molecule has 0 atom stereocenters. The van der Waals surface area contributed by atoms with Crippen LogP contribution >= 0.6 is 23.2 Å². The first-order valence-corrected chi connectivity index (χ1v) is 6.13. The van der Waals surface area contributed by atoms with E-state index in [-0.39, 0.29) is 5.82 Å². The minimum absolute atomic E-state index is 0.346. The Bertz CT molecular complexity index is 734. The van der Waals surface area contributed by atoms with Gasteiger partial charge in [0.05, 0.1) is 5.02 Å². The van der Waals surface area contributed by atoms with Crippen LogP contribution in [-0.4, -0.2) is 4.98 Å². The van der Waals surface area contributed by atoms with Gasteiger partial charge in [0.1, 0.15) is 5.82 Å². The second-order valence-corrected chi connectivity index (χ2v) is 4.86. The maximum absolute atomic E-state index is 13.1. The SMILES string of the molecule is Fc1ccc(-c2c[nH]c3ccc(Cl)cc23)c(Cl)c1. The second-order valence-electron chi connectivity index (χ2n) is 4.02. The highest BCUT2D eigenvalue weighted by atomic mass is 35.5. The minimum atomic E-state index is -0.346. The molecule has 0 radical (unpaired) electrons. The Balaban J connectivity index is 2.28. The van der Waals surface area contributed by atoms with Gasteiger partial charge in [0, 0.05) is 33.2 Å². The monoisotopic (exact) mass is 279 g/mol. The summed E-state index contributed by atoms with van der Waals surface area (Å²) in [6.45, 7) is 0. The second kappa shape index (κ2) is 4.30. The maximum atomic E-state index is 13.1. The Morgan fingerprint density at radius 3 is 2.56 bits per heavy atom. The van der Waals surface area contributed by atoms with E-state index in [0.29, 0.717) is 10.0 Å². The van der Waals surface area contributed by atoms with Crippen LogP contribution in [0.25, 0.3) is 22.0 Å². The summed E-state index contributed by atoms with van der Waals surface area (Å²) in [4.78, 5) is 3.14. The quantitative estimate of drug-likeness (QED) is 0.624. The minimum Gasteiger partial charge on any atom is -0.361 e. The van der Waals surface area contributed by atoms with Crippen LogP contribution in [0.2, 0.25) is 10.0 Å². The van der Waals surface area contributed by atoms with Gasteiger partial charge in [-0.15, -0.1) is 0 Å². The zero-order chi connectivity index (χ0) is 12.7. The van der Waals surface area contributed by atoms with Crippen LogP contribution in [0.15, 0.2) is 42.6 Å². The summed E-state index contributed by atoms with van der Waals surface area (Å²) < 4.78 is 13.1. The standard InChI is InChI=1S/C14H8Cl2FN/c15-8-1-4-14-11(5-8)12(7-18-14)10-3-2-9(17)6-13(10)16/h1-7,18H. The number of benzene rings is 2. The van der Waals surface area contributed by atoms with Crippen molar-refractivity contribution in [2.45, 2.75) is 0 Å². The van der Waals surface area contributed by atoms with Gasteiger partial charge >= 0.3 is 0 Å². The highest BCUT2D eigenvalue weighted by molar-refractivity contribution is 6.34. The van der Waals surface area contributed by atoms with Crippen molar-refractivity contribution in [1.29, 1.82) is 0 Å². The highest BCUT2D eigenvalue weighted by Gasteiger charge is 2.10. The average Bonchev–Trinajstić information content (AvgIpc) is 2.72. The molecule has 0 saturated heterocycles. The summed E-state index contributed by atoms with van der Waals surface area (Å²) in [5.74, 6) is -0.346. The molecule has 0 bridgehead atoms. The van der Waals surface area contributed by atoms with Crippen LogP contribution in [-0.2, 0) is 0 Å². The molecule has 0 fully saturated rings. The maximum Gasteiger partial charge on any atom is 0.124 e. The smallest absolute Gasteiger partial charge is 0.124 e. The van der Waals surface area contributed by atoms with Gasteiger partial charge in [0.25, 0.3) is 0 Å². The van der Waals surface area contributed by atoms with Crippen molar-refractivity contribution < 1.29 is 4.39 Å². The van der Waals surface area contributed by atoms with Gasteiger partial charge in [-0.2, -0.15) is 0 Å². The third-order valence-corrected chi connectivity index (χ3v) is 3.41. The summed E-state index contributed by atoms with van der Waals surface area (Å²) in [6.07, 6.45) is 1.85. The van der Waals surface area contributed by atoms with Crippen LogP contribution in [0.5, 0.6) is 0 Å². The van der Waals surface area contributed by atoms with Crippen molar-refractivity contribution in [2.24, 2.45) is 0 Å². The molecule has 18 heavy (non-hydrogen) atoms. The first-order chi connectivity index (χ1) is 8.65. The molecule has 90 valence electrons. The predicted molar refractivity (Wildman–Crippen MR) is 73.7 cm³/mol. The molecule has 0 aliphatic heterocycles. The number of aromatic nitrogens is 1. The molecular weight excluding hydrogens is 272 g/mol. The molecule has 4 heteroatoms. The zero-order valence-electron chi connectivity index (χ0n) is 9.18. The van der Waals surface area contributed by atoms with E-state index in [1.807, 2.05) is 24.4 Å². The van der Waals surface area contributed by atoms with E-state index in [2.05, 4.69) is 4.98 Å². The predicted octanol–water partition coefficient (Wildman–Crippen LogP) is 5.28. The lowest BCUT2D eigenvalue weighted by atomic mass is 10.0. The van der Waals surface area contributed by atoms with Crippen molar-refractivity contribution in [2.75, 3.05) is 0 Å². The summed E-state index contributed by atoms with van der Waals surface area (Å²) in [5, 5.41) is 2.01. The highest BCUT2D eigenvalue weighted by Crippen LogP contribution is 2.34. The normalized spacial score (nSPS) is 11.1. The van der Waals surface area contributed by atoms with Gasteiger partial charge in [-0.05, 0) is 36.4 Å². The van der Waals surface area contributed by atoms with Gasteiger partial charge in [-0.25, -0.2) is 4.39 Å². The number of hydrogen-bond acceptors (Lipinski definition) is 0. The lowest BCUT2D eigenvalue weighted by molar-refractivity contribution is 0.628. The number of H-pyrrole nitrogens is 1. The van der Waals surface area contributed by atoms with E-state index in [1.165, 1.54) is 12.1 Å². The molecule has 0 amide bonds. The lowest BCUT2D eigenvalue weighted by Gasteiger charge is -2.03. The summed E-state index contributed by atoms with van der Waals surface area (Å²) in [7, 11) is 0. The first kappa shape index (κ1) is 11.6. The molecule has 1 heterocycles.